The summed E-state index contributed by atoms with van der Waals surface area (Å²) in [4.78, 5) is 22.8. The summed E-state index contributed by atoms with van der Waals surface area (Å²) in [5.41, 5.74) is 0.496. The minimum atomic E-state index is -1.05. The van der Waals surface area contributed by atoms with Crippen molar-refractivity contribution in [1.82, 2.24) is 20.4 Å². The molecule has 0 saturated carbocycles. The lowest BCUT2D eigenvalue weighted by atomic mass is 9.87. The van der Waals surface area contributed by atoms with Crippen LogP contribution in [0.25, 0.3) is 0 Å². The Morgan fingerprint density at radius 2 is 2.10 bits per heavy atom. The summed E-state index contributed by atoms with van der Waals surface area (Å²) in [5.74, 6) is -1.05. The zero-order valence-corrected chi connectivity index (χ0v) is 12.3. The maximum atomic E-state index is 11.7. The van der Waals surface area contributed by atoms with Crippen molar-refractivity contribution in [2.45, 2.75) is 40.3 Å². The van der Waals surface area contributed by atoms with Crippen molar-refractivity contribution in [3.8, 4) is 0 Å². The van der Waals surface area contributed by atoms with Gasteiger partial charge in [0.15, 0.2) is 0 Å². The standard InChI is InChI=1S/C13H22N4O3/c1-9-7-15-17(8-9)6-5-14-12(20)16-10(11(18)19)13(2,3)4/h7-8,10H,5-6H2,1-4H3,(H,18,19)(H2,14,16,20)/t10-/m1/s1. The lowest BCUT2D eigenvalue weighted by Crippen LogP contribution is -2.52. The molecular formula is C13H22N4O3. The molecule has 0 aromatic carbocycles. The molecule has 0 aliphatic heterocycles. The number of nitrogens with one attached hydrogen (secondary N) is 2. The molecule has 0 saturated heterocycles. The van der Waals surface area contributed by atoms with Crippen LogP contribution in [0.5, 0.6) is 0 Å². The first-order chi connectivity index (χ1) is 9.20. The number of aryl methyl sites for hydroxylation is 1. The van der Waals surface area contributed by atoms with E-state index in [1.54, 1.807) is 31.6 Å². The summed E-state index contributed by atoms with van der Waals surface area (Å²) in [7, 11) is 0. The molecule has 0 radical (unpaired) electrons. The van der Waals surface area contributed by atoms with Gasteiger partial charge < -0.3 is 15.7 Å². The van der Waals surface area contributed by atoms with Crippen LogP contribution in [0.4, 0.5) is 4.79 Å². The summed E-state index contributed by atoms with van der Waals surface area (Å²) >= 11 is 0. The molecule has 3 N–H and O–H groups in total. The topological polar surface area (TPSA) is 96.3 Å². The van der Waals surface area contributed by atoms with Gasteiger partial charge in [-0.3, -0.25) is 4.68 Å². The lowest BCUT2D eigenvalue weighted by molar-refractivity contribution is -0.141. The SMILES string of the molecule is Cc1cnn(CCNC(=O)N[C@H](C(=O)O)C(C)(C)C)c1. The van der Waals surface area contributed by atoms with Gasteiger partial charge in [-0.05, 0) is 17.9 Å². The smallest absolute Gasteiger partial charge is 0.326 e. The quantitative estimate of drug-likeness (QED) is 0.750. The Balaban J connectivity index is 2.41. The number of carbonyl (C=O) groups excluding carboxylic acids is 1. The Morgan fingerprint density at radius 3 is 2.55 bits per heavy atom. The second-order valence-electron chi connectivity index (χ2n) is 5.82. The second-order valence-corrected chi connectivity index (χ2v) is 5.82. The number of aliphatic carboxylic acids is 1. The number of urea groups is 1. The predicted molar refractivity (Wildman–Crippen MR) is 74.4 cm³/mol. The molecular weight excluding hydrogens is 260 g/mol. The van der Waals surface area contributed by atoms with Gasteiger partial charge in [0, 0.05) is 12.7 Å². The largest absolute Gasteiger partial charge is 0.480 e. The Morgan fingerprint density at radius 1 is 1.45 bits per heavy atom. The minimum Gasteiger partial charge on any atom is -0.480 e. The number of carboxylic acid groups (broad SMARTS) is 1. The van der Waals surface area contributed by atoms with Gasteiger partial charge in [-0.25, -0.2) is 9.59 Å². The number of carboxylic acids is 1. The fraction of sp³-hybridized carbons (Fsp3) is 0.615. The van der Waals surface area contributed by atoms with Crippen LogP contribution in [0.2, 0.25) is 0 Å². The van der Waals surface area contributed by atoms with E-state index in [-0.39, 0.29) is 0 Å². The van der Waals surface area contributed by atoms with Crippen LogP contribution in [-0.2, 0) is 11.3 Å². The first-order valence-corrected chi connectivity index (χ1v) is 6.46. The van der Waals surface area contributed by atoms with Gasteiger partial charge in [0.2, 0.25) is 0 Å². The number of hydrogen-bond donors (Lipinski definition) is 3. The first-order valence-electron chi connectivity index (χ1n) is 6.46. The second kappa shape index (κ2) is 6.40. The highest BCUT2D eigenvalue weighted by atomic mass is 16.4. The third-order valence-corrected chi connectivity index (χ3v) is 2.78. The maximum Gasteiger partial charge on any atom is 0.326 e. The molecule has 1 heterocycles. The zero-order valence-electron chi connectivity index (χ0n) is 12.3. The lowest BCUT2D eigenvalue weighted by Gasteiger charge is -2.27. The van der Waals surface area contributed by atoms with E-state index < -0.39 is 23.5 Å². The minimum absolute atomic E-state index is 0.378. The van der Waals surface area contributed by atoms with Crippen molar-refractivity contribution in [3.05, 3.63) is 18.0 Å². The Hall–Kier alpha value is -2.05. The fourth-order valence-electron chi connectivity index (χ4n) is 1.70. The molecule has 0 fully saturated rings. The highest BCUT2D eigenvalue weighted by molar-refractivity contribution is 5.83. The van der Waals surface area contributed by atoms with E-state index in [1.165, 1.54) is 0 Å². The number of rotatable bonds is 5. The van der Waals surface area contributed by atoms with Crippen LogP contribution < -0.4 is 10.6 Å². The van der Waals surface area contributed by atoms with Gasteiger partial charge in [0.1, 0.15) is 6.04 Å². The molecule has 2 amide bonds. The van der Waals surface area contributed by atoms with Gasteiger partial charge in [-0.1, -0.05) is 20.8 Å². The third-order valence-electron chi connectivity index (χ3n) is 2.78. The average Bonchev–Trinajstić information content (AvgIpc) is 2.70. The molecule has 1 atom stereocenters. The molecule has 112 valence electrons. The van der Waals surface area contributed by atoms with Gasteiger partial charge in [0.05, 0.1) is 12.7 Å². The number of hydrogen-bond acceptors (Lipinski definition) is 3. The summed E-state index contributed by atoms with van der Waals surface area (Å²) in [5, 5.41) is 18.3. The van der Waals surface area contributed by atoms with Gasteiger partial charge in [-0.15, -0.1) is 0 Å². The van der Waals surface area contributed by atoms with E-state index in [9.17, 15) is 9.59 Å². The molecule has 0 bridgehead atoms. The molecule has 7 heteroatoms. The zero-order chi connectivity index (χ0) is 15.3. The number of amides is 2. The third kappa shape index (κ3) is 4.91. The Labute approximate surface area is 118 Å². The summed E-state index contributed by atoms with van der Waals surface area (Å²) < 4.78 is 1.72. The fourth-order valence-corrected chi connectivity index (χ4v) is 1.70. The van der Waals surface area contributed by atoms with Crippen LogP contribution >= 0.6 is 0 Å². The molecule has 20 heavy (non-hydrogen) atoms. The molecule has 0 spiro atoms. The van der Waals surface area contributed by atoms with Gasteiger partial charge in [0.25, 0.3) is 0 Å². The highest BCUT2D eigenvalue weighted by Crippen LogP contribution is 2.19. The van der Waals surface area contributed by atoms with Crippen molar-refractivity contribution < 1.29 is 14.7 Å². The van der Waals surface area contributed by atoms with Crippen molar-refractivity contribution in [2.24, 2.45) is 5.41 Å². The number of carbonyl (C=O) groups is 2. The summed E-state index contributed by atoms with van der Waals surface area (Å²) in [6, 6.07) is -1.43. The molecule has 0 aliphatic carbocycles. The first kappa shape index (κ1) is 16.0. The van der Waals surface area contributed by atoms with Gasteiger partial charge >= 0.3 is 12.0 Å². The van der Waals surface area contributed by atoms with E-state index in [1.807, 2.05) is 13.1 Å². The predicted octanol–water partition coefficient (Wildman–Crippen LogP) is 0.990. The molecule has 1 aromatic rings. The monoisotopic (exact) mass is 282 g/mol. The average molecular weight is 282 g/mol. The van der Waals surface area contributed by atoms with Crippen LogP contribution in [0.1, 0.15) is 26.3 Å². The van der Waals surface area contributed by atoms with E-state index in [2.05, 4.69) is 15.7 Å². The van der Waals surface area contributed by atoms with E-state index in [4.69, 9.17) is 5.11 Å². The summed E-state index contributed by atoms with van der Waals surface area (Å²) in [6.45, 7) is 8.14. The van der Waals surface area contributed by atoms with Crippen molar-refractivity contribution >= 4 is 12.0 Å². The number of nitrogens with zero attached hydrogens (tertiary/aromatic N) is 2. The normalized spacial score (nSPS) is 12.8. The highest BCUT2D eigenvalue weighted by Gasteiger charge is 2.32. The van der Waals surface area contributed by atoms with Crippen molar-refractivity contribution in [3.63, 3.8) is 0 Å². The van der Waals surface area contributed by atoms with Crippen LogP contribution in [0.15, 0.2) is 12.4 Å². The molecule has 0 unspecified atom stereocenters. The van der Waals surface area contributed by atoms with Crippen LogP contribution in [0, 0.1) is 12.3 Å². The Kier molecular flexibility index (Phi) is 5.12. The van der Waals surface area contributed by atoms with E-state index in [0.717, 1.165) is 5.56 Å². The van der Waals surface area contributed by atoms with Crippen molar-refractivity contribution in [1.29, 1.82) is 0 Å². The number of aromatic nitrogens is 2. The van der Waals surface area contributed by atoms with E-state index >= 15 is 0 Å². The van der Waals surface area contributed by atoms with E-state index in [0.29, 0.717) is 13.1 Å². The van der Waals surface area contributed by atoms with Crippen molar-refractivity contribution in [2.75, 3.05) is 6.54 Å². The maximum absolute atomic E-state index is 11.7. The van der Waals surface area contributed by atoms with Crippen LogP contribution in [0.3, 0.4) is 0 Å². The molecule has 0 aliphatic rings. The Bertz CT molecular complexity index is 476. The molecule has 1 rings (SSSR count). The summed E-state index contributed by atoms with van der Waals surface area (Å²) in [6.07, 6.45) is 3.61. The van der Waals surface area contributed by atoms with Gasteiger partial charge in [-0.2, -0.15) is 5.10 Å². The molecule has 7 nitrogen and oxygen atoms in total. The van der Waals surface area contributed by atoms with Crippen LogP contribution in [-0.4, -0.2) is 39.5 Å². The molecule has 1 aromatic heterocycles.